The zero-order chi connectivity index (χ0) is 18.1. The molecule has 1 heterocycles. The van der Waals surface area contributed by atoms with Gasteiger partial charge in [0.2, 0.25) is 15.9 Å². The zero-order valence-corrected chi connectivity index (χ0v) is 14.6. The number of rotatable bonds is 4. The number of sulfonamides is 1. The van der Waals surface area contributed by atoms with Crippen LogP contribution in [0.4, 0.5) is 0 Å². The summed E-state index contributed by atoms with van der Waals surface area (Å²) >= 11 is 0. The predicted octanol–water partition coefficient (Wildman–Crippen LogP) is 1.03. The average Bonchev–Trinajstić information content (AvgIpc) is 2.50. The minimum Gasteiger partial charge on any atom is -0.336 e. The van der Waals surface area contributed by atoms with Crippen molar-refractivity contribution in [3.05, 3.63) is 35.4 Å². The van der Waals surface area contributed by atoms with E-state index in [-0.39, 0.29) is 17.2 Å². The molecule has 7 nitrogen and oxygen atoms in total. The normalized spacial score (nSPS) is 18.5. The third-order valence-corrected chi connectivity index (χ3v) is 5.86. The van der Waals surface area contributed by atoms with Crippen LogP contribution in [0.1, 0.15) is 36.7 Å². The van der Waals surface area contributed by atoms with Crippen LogP contribution in [0, 0.1) is 17.2 Å². The number of nitriles is 1. The Balaban J connectivity index is 2.25. The van der Waals surface area contributed by atoms with Crippen LogP contribution in [0.5, 0.6) is 0 Å². The number of nitrogens with zero attached hydrogens (tertiary/aromatic N) is 2. The minimum atomic E-state index is -3.92. The molecule has 1 aliphatic rings. The fraction of sp³-hybridized carbons (Fsp3) is 0.438. The van der Waals surface area contributed by atoms with Crippen LogP contribution < -0.4 is 5.32 Å². The molecule has 0 aromatic heterocycles. The van der Waals surface area contributed by atoms with Gasteiger partial charge in [-0.05, 0) is 24.5 Å². The Morgan fingerprint density at radius 1 is 1.42 bits per heavy atom. The van der Waals surface area contributed by atoms with Crippen molar-refractivity contribution < 1.29 is 18.0 Å². The average molecular weight is 349 g/mol. The second-order valence-corrected chi connectivity index (χ2v) is 8.14. The molecule has 2 amide bonds. The molecule has 8 heteroatoms. The van der Waals surface area contributed by atoms with Gasteiger partial charge in [0.1, 0.15) is 12.1 Å². The van der Waals surface area contributed by atoms with E-state index in [1.807, 2.05) is 6.07 Å². The first-order valence-electron chi connectivity index (χ1n) is 7.45. The van der Waals surface area contributed by atoms with E-state index in [9.17, 15) is 23.3 Å². The van der Waals surface area contributed by atoms with Gasteiger partial charge < -0.3 is 5.32 Å². The molecule has 0 unspecified atom stereocenters. The Kier molecular flexibility index (Phi) is 4.67. The number of hydrogen-bond donors (Lipinski definition) is 1. The smallest absolute Gasteiger partial charge is 0.268 e. The van der Waals surface area contributed by atoms with Crippen molar-refractivity contribution in [2.75, 3.05) is 6.54 Å². The van der Waals surface area contributed by atoms with Crippen LogP contribution in [0.2, 0.25) is 0 Å². The molecule has 0 spiro atoms. The van der Waals surface area contributed by atoms with Crippen LogP contribution >= 0.6 is 0 Å². The van der Waals surface area contributed by atoms with Crippen molar-refractivity contribution in [1.29, 1.82) is 5.26 Å². The van der Waals surface area contributed by atoms with E-state index in [1.54, 1.807) is 39.0 Å². The van der Waals surface area contributed by atoms with Crippen molar-refractivity contribution in [3.8, 4) is 6.07 Å². The highest BCUT2D eigenvalue weighted by molar-refractivity contribution is 7.89. The predicted molar refractivity (Wildman–Crippen MR) is 87.1 cm³/mol. The standard InChI is InChI=1S/C16H19N3O4S/c1-11(2)16(3,10-17)18-14(20)8-19-15(21)13-7-5-4-6-12(13)9-24(19,22)23/h4-7,11H,8-9H2,1-3H3,(H,18,20)/t16-/m0/s1. The molecular weight excluding hydrogens is 330 g/mol. The number of hydrogen-bond acceptors (Lipinski definition) is 5. The van der Waals surface area contributed by atoms with Crippen LogP contribution in [-0.2, 0) is 20.6 Å². The maximum atomic E-state index is 12.4. The van der Waals surface area contributed by atoms with Crippen molar-refractivity contribution in [3.63, 3.8) is 0 Å². The van der Waals surface area contributed by atoms with Crippen molar-refractivity contribution in [1.82, 2.24) is 9.62 Å². The lowest BCUT2D eigenvalue weighted by Gasteiger charge is -2.31. The summed E-state index contributed by atoms with van der Waals surface area (Å²) < 4.78 is 25.2. The van der Waals surface area contributed by atoms with E-state index in [0.29, 0.717) is 9.87 Å². The number of nitrogens with one attached hydrogen (secondary N) is 1. The third kappa shape index (κ3) is 3.26. The molecule has 0 saturated heterocycles. The zero-order valence-electron chi connectivity index (χ0n) is 13.7. The Morgan fingerprint density at radius 2 is 2.04 bits per heavy atom. The summed E-state index contributed by atoms with van der Waals surface area (Å²) in [4.78, 5) is 24.7. The molecule has 1 N–H and O–H groups in total. The summed E-state index contributed by atoms with van der Waals surface area (Å²) in [6.07, 6.45) is 0. The molecule has 0 saturated carbocycles. The molecule has 0 aliphatic carbocycles. The third-order valence-electron chi connectivity index (χ3n) is 4.22. The van der Waals surface area contributed by atoms with Gasteiger partial charge in [0.05, 0.1) is 11.8 Å². The quantitative estimate of drug-likeness (QED) is 0.873. The maximum Gasteiger partial charge on any atom is 0.268 e. The maximum absolute atomic E-state index is 12.4. The van der Waals surface area contributed by atoms with Crippen LogP contribution in [0.25, 0.3) is 0 Å². The SMILES string of the molecule is CC(C)[C@](C)(C#N)NC(=O)CN1C(=O)c2ccccc2CS1(=O)=O. The molecule has 2 rings (SSSR count). The van der Waals surface area contributed by atoms with Crippen LogP contribution in [0.3, 0.4) is 0 Å². The van der Waals surface area contributed by atoms with Crippen molar-refractivity contribution in [2.45, 2.75) is 32.1 Å². The second-order valence-electron chi connectivity index (χ2n) is 6.24. The topological polar surface area (TPSA) is 107 Å². The lowest BCUT2D eigenvalue weighted by atomic mass is 9.90. The summed E-state index contributed by atoms with van der Waals surface area (Å²) in [5.41, 5.74) is -0.451. The number of benzene rings is 1. The Hall–Kier alpha value is -2.40. The van der Waals surface area contributed by atoms with E-state index < -0.39 is 33.9 Å². The summed E-state index contributed by atoms with van der Waals surface area (Å²) in [6.45, 7) is 4.45. The van der Waals surface area contributed by atoms with Crippen molar-refractivity contribution >= 4 is 21.8 Å². The van der Waals surface area contributed by atoms with Crippen LogP contribution in [0.15, 0.2) is 24.3 Å². The Labute approximate surface area is 141 Å². The van der Waals surface area contributed by atoms with Gasteiger partial charge in [-0.15, -0.1) is 0 Å². The van der Waals surface area contributed by atoms with Crippen molar-refractivity contribution in [2.24, 2.45) is 5.92 Å². The molecule has 1 aliphatic heterocycles. The Morgan fingerprint density at radius 3 is 2.62 bits per heavy atom. The summed E-state index contributed by atoms with van der Waals surface area (Å²) in [5, 5.41) is 11.7. The van der Waals surface area contributed by atoms with Gasteiger partial charge in [-0.3, -0.25) is 9.59 Å². The highest BCUT2D eigenvalue weighted by Gasteiger charge is 2.38. The monoisotopic (exact) mass is 349 g/mol. The summed E-state index contributed by atoms with van der Waals surface area (Å²) in [6, 6.07) is 8.41. The fourth-order valence-corrected chi connectivity index (χ4v) is 3.79. The molecule has 0 fully saturated rings. The molecule has 1 aromatic rings. The number of carbonyl (C=O) groups excluding carboxylic acids is 2. The highest BCUT2D eigenvalue weighted by atomic mass is 32.2. The van der Waals surface area contributed by atoms with E-state index >= 15 is 0 Å². The number of amides is 2. The first kappa shape index (κ1) is 17.9. The number of fused-ring (bicyclic) bond motifs is 1. The second kappa shape index (κ2) is 6.24. The van der Waals surface area contributed by atoms with E-state index in [2.05, 4.69) is 5.32 Å². The lowest BCUT2D eigenvalue weighted by Crippen LogP contribution is -2.54. The van der Waals surface area contributed by atoms with E-state index in [1.165, 1.54) is 6.07 Å². The van der Waals surface area contributed by atoms with Gasteiger partial charge >= 0.3 is 0 Å². The largest absolute Gasteiger partial charge is 0.336 e. The molecule has 0 bridgehead atoms. The molecule has 1 atom stereocenters. The lowest BCUT2D eigenvalue weighted by molar-refractivity contribution is -0.122. The van der Waals surface area contributed by atoms with Crippen LogP contribution in [-0.4, -0.2) is 36.6 Å². The van der Waals surface area contributed by atoms with Gasteiger partial charge in [-0.1, -0.05) is 32.0 Å². The van der Waals surface area contributed by atoms with E-state index in [4.69, 9.17) is 0 Å². The van der Waals surface area contributed by atoms with Gasteiger partial charge in [0, 0.05) is 5.56 Å². The fourth-order valence-electron chi connectivity index (χ4n) is 2.32. The van der Waals surface area contributed by atoms with Gasteiger partial charge in [0.25, 0.3) is 5.91 Å². The van der Waals surface area contributed by atoms with E-state index in [0.717, 1.165) is 0 Å². The summed E-state index contributed by atoms with van der Waals surface area (Å²) in [5.74, 6) is -1.93. The first-order valence-corrected chi connectivity index (χ1v) is 9.06. The summed E-state index contributed by atoms with van der Waals surface area (Å²) in [7, 11) is -3.92. The molecule has 1 aromatic carbocycles. The van der Waals surface area contributed by atoms with Gasteiger partial charge in [0.15, 0.2) is 0 Å². The Bertz CT molecular complexity index is 826. The molecule has 0 radical (unpaired) electrons. The highest BCUT2D eigenvalue weighted by Crippen LogP contribution is 2.24. The number of carbonyl (C=O) groups is 2. The first-order chi connectivity index (χ1) is 11.1. The minimum absolute atomic E-state index is 0.180. The van der Waals surface area contributed by atoms with Gasteiger partial charge in [-0.2, -0.15) is 5.26 Å². The van der Waals surface area contributed by atoms with Gasteiger partial charge in [-0.25, -0.2) is 12.7 Å². The molecule has 24 heavy (non-hydrogen) atoms. The molecular formula is C16H19N3O4S. The molecule has 128 valence electrons.